The highest BCUT2D eigenvalue weighted by Crippen LogP contribution is 2.22. The lowest BCUT2D eigenvalue weighted by Crippen LogP contribution is -2.13. The molecule has 0 aliphatic carbocycles. The molecule has 1 heterocycles. The van der Waals surface area contributed by atoms with Crippen molar-refractivity contribution in [1.82, 2.24) is 5.32 Å². The molecular weight excluding hydrogens is 288 g/mol. The number of benzene rings is 1. The fourth-order valence-electron chi connectivity index (χ4n) is 1.98. The normalized spacial score (nSPS) is 10.7. The van der Waals surface area contributed by atoms with Gasteiger partial charge in [0.15, 0.2) is 0 Å². The van der Waals surface area contributed by atoms with Crippen LogP contribution >= 0.6 is 11.3 Å². The number of nitrogens with zero attached hydrogens (tertiary/aromatic N) is 1. The van der Waals surface area contributed by atoms with Crippen LogP contribution in [-0.2, 0) is 24.4 Å². The van der Waals surface area contributed by atoms with Gasteiger partial charge in [-0.1, -0.05) is 35.6 Å². The Kier molecular flexibility index (Phi) is 5.86. The van der Waals surface area contributed by atoms with Crippen molar-refractivity contribution in [1.29, 1.82) is 0 Å². The van der Waals surface area contributed by atoms with Gasteiger partial charge in [-0.3, -0.25) is 10.1 Å². The number of ether oxygens (including phenoxy) is 1. The standard InChI is InChI=1S/C15H18N2O3S/c1-2-20-10-14-6-4-3-5-13(14)9-16-8-12-7-15(17(18)19)21-11-12/h3-7,11,16H,2,8-10H2,1H3. The second kappa shape index (κ2) is 7.87. The van der Waals surface area contributed by atoms with Crippen molar-refractivity contribution in [3.05, 3.63) is 62.5 Å². The molecule has 0 fully saturated rings. The second-order valence-electron chi connectivity index (χ2n) is 4.56. The van der Waals surface area contributed by atoms with Crippen LogP contribution in [0.4, 0.5) is 5.00 Å². The molecule has 0 aliphatic rings. The fourth-order valence-corrected chi connectivity index (χ4v) is 2.70. The summed E-state index contributed by atoms with van der Waals surface area (Å²) in [6.45, 7) is 4.61. The van der Waals surface area contributed by atoms with E-state index in [2.05, 4.69) is 17.4 Å². The highest BCUT2D eigenvalue weighted by Gasteiger charge is 2.09. The average Bonchev–Trinajstić information content (AvgIpc) is 2.95. The Morgan fingerprint density at radius 1 is 1.29 bits per heavy atom. The Labute approximate surface area is 127 Å². The maximum absolute atomic E-state index is 10.6. The number of thiophene rings is 1. The Bertz CT molecular complexity index is 598. The van der Waals surface area contributed by atoms with Gasteiger partial charge in [-0.25, -0.2) is 0 Å². The predicted molar refractivity (Wildman–Crippen MR) is 83.3 cm³/mol. The van der Waals surface area contributed by atoms with Crippen LogP contribution in [0.2, 0.25) is 0 Å². The highest BCUT2D eigenvalue weighted by atomic mass is 32.1. The third-order valence-electron chi connectivity index (χ3n) is 3.04. The Hall–Kier alpha value is -1.76. The smallest absolute Gasteiger partial charge is 0.324 e. The van der Waals surface area contributed by atoms with Crippen molar-refractivity contribution < 1.29 is 9.66 Å². The summed E-state index contributed by atoms with van der Waals surface area (Å²) in [6.07, 6.45) is 0. The van der Waals surface area contributed by atoms with E-state index < -0.39 is 0 Å². The molecule has 21 heavy (non-hydrogen) atoms. The number of rotatable bonds is 8. The monoisotopic (exact) mass is 306 g/mol. The van der Waals surface area contributed by atoms with Crippen LogP contribution in [0.1, 0.15) is 23.6 Å². The van der Waals surface area contributed by atoms with Crippen LogP contribution in [0.25, 0.3) is 0 Å². The van der Waals surface area contributed by atoms with Gasteiger partial charge in [-0.15, -0.1) is 0 Å². The van der Waals surface area contributed by atoms with Crippen molar-refractivity contribution in [2.24, 2.45) is 0 Å². The summed E-state index contributed by atoms with van der Waals surface area (Å²) in [4.78, 5) is 10.3. The van der Waals surface area contributed by atoms with Gasteiger partial charge in [0, 0.05) is 31.1 Å². The van der Waals surface area contributed by atoms with E-state index in [1.54, 1.807) is 6.07 Å². The van der Waals surface area contributed by atoms with Crippen LogP contribution in [0.3, 0.4) is 0 Å². The van der Waals surface area contributed by atoms with E-state index in [0.717, 1.165) is 16.9 Å². The minimum atomic E-state index is -0.356. The van der Waals surface area contributed by atoms with Gasteiger partial charge in [0.1, 0.15) is 0 Å². The first-order valence-electron chi connectivity index (χ1n) is 6.77. The number of nitro groups is 1. The Morgan fingerprint density at radius 3 is 2.71 bits per heavy atom. The van der Waals surface area contributed by atoms with Crippen molar-refractivity contribution in [3.8, 4) is 0 Å². The first-order chi connectivity index (χ1) is 10.2. The minimum absolute atomic E-state index is 0.184. The van der Waals surface area contributed by atoms with E-state index in [4.69, 9.17) is 4.74 Å². The molecule has 1 aromatic carbocycles. The molecule has 0 atom stereocenters. The molecule has 0 spiro atoms. The molecule has 0 unspecified atom stereocenters. The van der Waals surface area contributed by atoms with Gasteiger partial charge in [0.25, 0.3) is 0 Å². The summed E-state index contributed by atoms with van der Waals surface area (Å²) in [6, 6.07) is 9.74. The SMILES string of the molecule is CCOCc1ccccc1CNCc1csc([N+](=O)[O-])c1. The summed E-state index contributed by atoms with van der Waals surface area (Å²) < 4.78 is 5.45. The van der Waals surface area contributed by atoms with Crippen LogP contribution in [0.5, 0.6) is 0 Å². The molecule has 0 bridgehead atoms. The molecule has 1 N–H and O–H groups in total. The molecule has 6 heteroatoms. The minimum Gasteiger partial charge on any atom is -0.377 e. The van der Waals surface area contributed by atoms with Crippen molar-refractivity contribution in [2.75, 3.05) is 6.61 Å². The molecule has 0 aliphatic heterocycles. The quantitative estimate of drug-likeness (QED) is 0.599. The molecular formula is C15H18N2O3S. The molecule has 0 saturated carbocycles. The van der Waals surface area contributed by atoms with Crippen LogP contribution in [-0.4, -0.2) is 11.5 Å². The van der Waals surface area contributed by atoms with E-state index in [9.17, 15) is 10.1 Å². The van der Waals surface area contributed by atoms with Gasteiger partial charge >= 0.3 is 5.00 Å². The summed E-state index contributed by atoms with van der Waals surface area (Å²) in [7, 11) is 0. The maximum atomic E-state index is 10.6. The van der Waals surface area contributed by atoms with E-state index in [-0.39, 0.29) is 9.92 Å². The molecule has 2 rings (SSSR count). The third-order valence-corrected chi connectivity index (χ3v) is 3.97. The van der Waals surface area contributed by atoms with E-state index in [1.807, 2.05) is 24.4 Å². The molecule has 0 amide bonds. The van der Waals surface area contributed by atoms with Crippen LogP contribution in [0, 0.1) is 10.1 Å². The average molecular weight is 306 g/mol. The first kappa shape index (κ1) is 15.6. The lowest BCUT2D eigenvalue weighted by atomic mass is 10.1. The maximum Gasteiger partial charge on any atom is 0.324 e. The van der Waals surface area contributed by atoms with E-state index in [0.29, 0.717) is 26.3 Å². The van der Waals surface area contributed by atoms with Crippen molar-refractivity contribution in [2.45, 2.75) is 26.6 Å². The lowest BCUT2D eigenvalue weighted by molar-refractivity contribution is -0.380. The number of hydrogen-bond donors (Lipinski definition) is 1. The lowest BCUT2D eigenvalue weighted by Gasteiger charge is -2.10. The van der Waals surface area contributed by atoms with Gasteiger partial charge in [0.2, 0.25) is 0 Å². The van der Waals surface area contributed by atoms with Gasteiger partial charge < -0.3 is 10.1 Å². The molecule has 112 valence electrons. The third kappa shape index (κ3) is 4.63. The van der Waals surface area contributed by atoms with Crippen LogP contribution < -0.4 is 5.32 Å². The topological polar surface area (TPSA) is 64.4 Å². The number of hydrogen-bond acceptors (Lipinski definition) is 5. The Morgan fingerprint density at radius 2 is 2.05 bits per heavy atom. The zero-order valence-corrected chi connectivity index (χ0v) is 12.7. The molecule has 1 aromatic heterocycles. The number of nitrogens with one attached hydrogen (secondary N) is 1. The summed E-state index contributed by atoms with van der Waals surface area (Å²) in [5.74, 6) is 0. The highest BCUT2D eigenvalue weighted by molar-refractivity contribution is 7.13. The summed E-state index contributed by atoms with van der Waals surface area (Å²) >= 11 is 1.16. The molecule has 5 nitrogen and oxygen atoms in total. The van der Waals surface area contributed by atoms with Crippen molar-refractivity contribution >= 4 is 16.3 Å². The molecule has 0 radical (unpaired) electrons. The Balaban J connectivity index is 1.89. The molecule has 2 aromatic rings. The van der Waals surface area contributed by atoms with Gasteiger partial charge in [-0.2, -0.15) is 0 Å². The van der Waals surface area contributed by atoms with Gasteiger partial charge in [-0.05, 0) is 23.6 Å². The second-order valence-corrected chi connectivity index (χ2v) is 5.45. The van der Waals surface area contributed by atoms with Crippen molar-refractivity contribution in [3.63, 3.8) is 0 Å². The largest absolute Gasteiger partial charge is 0.377 e. The first-order valence-corrected chi connectivity index (χ1v) is 7.65. The summed E-state index contributed by atoms with van der Waals surface area (Å²) in [5, 5.41) is 16.0. The van der Waals surface area contributed by atoms with Gasteiger partial charge in [0.05, 0.1) is 11.5 Å². The van der Waals surface area contributed by atoms with Crippen LogP contribution in [0.15, 0.2) is 35.7 Å². The fraction of sp³-hybridized carbons (Fsp3) is 0.333. The summed E-state index contributed by atoms with van der Waals surface area (Å²) in [5.41, 5.74) is 3.30. The molecule has 0 saturated heterocycles. The predicted octanol–water partition coefficient (Wildman–Crippen LogP) is 3.48. The van der Waals surface area contributed by atoms with E-state index >= 15 is 0 Å². The zero-order valence-electron chi connectivity index (χ0n) is 11.9. The van der Waals surface area contributed by atoms with E-state index in [1.165, 1.54) is 11.1 Å². The zero-order chi connectivity index (χ0) is 15.1.